The molecule has 0 fully saturated rings. The summed E-state index contributed by atoms with van der Waals surface area (Å²) < 4.78 is 260. The number of non-ortho nitro benzene ring substituents is 1. The van der Waals surface area contributed by atoms with Crippen LogP contribution in [0, 0.1) is 42.2 Å². The van der Waals surface area contributed by atoms with E-state index >= 15 is 0 Å². The maximum atomic E-state index is 12.3. The molecule has 620 valence electrons. The van der Waals surface area contributed by atoms with Crippen LogP contribution in [0.5, 0.6) is 11.6 Å². The third-order valence-electron chi connectivity index (χ3n) is 14.5. The predicted molar refractivity (Wildman–Crippen MR) is 417 cm³/mol. The van der Waals surface area contributed by atoms with Crippen LogP contribution >= 0.6 is 23.5 Å². The van der Waals surface area contributed by atoms with Crippen LogP contribution in [-0.4, -0.2) is 192 Å². The Morgan fingerprint density at radius 3 is 1.59 bits per heavy atom. The fraction of sp³-hybridized carbons (Fsp3) is 0.250. The second-order valence-corrected chi connectivity index (χ2v) is 36.7. The molecule has 0 saturated carbocycles. The fourth-order valence-corrected chi connectivity index (χ4v) is 14.8. The van der Waals surface area contributed by atoms with E-state index in [0.29, 0.717) is 34.5 Å². The summed E-state index contributed by atoms with van der Waals surface area (Å²) in [5.41, 5.74) is -0.0545. The van der Waals surface area contributed by atoms with Crippen molar-refractivity contribution in [1.82, 2.24) is 24.3 Å². The number of nitro groups is 1. The number of aromatic nitrogens is 5. The number of aryl methyl sites for hydroxylation is 2. The van der Waals surface area contributed by atoms with Crippen molar-refractivity contribution in [3.05, 3.63) is 135 Å². The van der Waals surface area contributed by atoms with Gasteiger partial charge in [-0.05, 0) is 129 Å². The van der Waals surface area contributed by atoms with E-state index in [1.165, 1.54) is 59.9 Å². The molecule has 9 aromatic rings. The van der Waals surface area contributed by atoms with Crippen molar-refractivity contribution < 1.29 is 118 Å². The molecule has 0 aliphatic rings. The number of benzene rings is 6. The minimum absolute atomic E-state index is 0.00742. The van der Waals surface area contributed by atoms with E-state index in [-0.39, 0.29) is 126 Å². The first-order valence-corrected chi connectivity index (χ1v) is 46.0. The topological polar surface area (TPSA) is 719 Å². The van der Waals surface area contributed by atoms with E-state index < -0.39 is 156 Å². The number of nitrogens with one attached hydrogen (secondary N) is 3. The SMILES string of the molecule is CS(=O)(=O)O.Cc1cc(N=Nc2cc(OCCCS(=O)(=O)O)c(N=Nc3c(C)c(C#N)c4nc5ccccc5n4c3O)cc2Nc2nc(NCCS(=O)(=O)O)nc(Nc3cccc(S(=O)(=O)O)c3)n2)c(SCCCS(=O)(=O)O)cc1N=Nc1cc(C)c(N=Nc2ccc([N+](=O)[O-])cc2S(=O)(=O)O)cc1SCCCS(=O)(=O)O.O=S(=O)=O. The number of thioether (sulfide) groups is 2. The van der Waals surface area contributed by atoms with Crippen LogP contribution in [-0.2, 0) is 81.4 Å². The molecule has 56 heteroatoms. The number of pyridine rings is 1. The molecule has 9 rings (SSSR count). The number of nitriles is 1. The summed E-state index contributed by atoms with van der Waals surface area (Å²) >= 11 is 2.05. The number of nitro benzene ring substituents is 1. The van der Waals surface area contributed by atoms with Gasteiger partial charge in [-0.25, -0.2) is 4.98 Å². The van der Waals surface area contributed by atoms with Crippen LogP contribution in [0.3, 0.4) is 0 Å². The van der Waals surface area contributed by atoms with Gasteiger partial charge in [0.2, 0.25) is 23.7 Å². The van der Waals surface area contributed by atoms with Gasteiger partial charge in [-0.1, -0.05) is 18.2 Å². The lowest BCUT2D eigenvalue weighted by molar-refractivity contribution is -0.385. The molecule has 0 aliphatic heterocycles. The third-order valence-corrected chi connectivity index (χ3v) is 21.6. The van der Waals surface area contributed by atoms with Gasteiger partial charge in [-0.3, -0.25) is 46.4 Å². The molecule has 6 aromatic carbocycles. The number of aromatic hydroxyl groups is 1. The van der Waals surface area contributed by atoms with Gasteiger partial charge >= 0.3 is 10.6 Å². The molecule has 3 aromatic heterocycles. The molecule has 0 radical (unpaired) electrons. The zero-order chi connectivity index (χ0) is 86.1. The van der Waals surface area contributed by atoms with Gasteiger partial charge in [0, 0.05) is 45.8 Å². The predicted octanol–water partition coefficient (Wildman–Crippen LogP) is 10.9. The van der Waals surface area contributed by atoms with Crippen molar-refractivity contribution in [3.8, 4) is 17.7 Å². The van der Waals surface area contributed by atoms with Crippen LogP contribution in [0.1, 0.15) is 41.5 Å². The molecule has 46 nitrogen and oxygen atoms in total. The number of fused-ring (bicyclic) bond motifs is 3. The maximum absolute atomic E-state index is 12.3. The monoisotopic (exact) mass is 1800 g/mol. The Morgan fingerprint density at radius 2 is 1.06 bits per heavy atom. The lowest BCUT2D eigenvalue weighted by atomic mass is 10.1. The standard InChI is InChI=1S/C59H58N18O22S8.CH4O3S.O3S/c1-33-24-47(51(100-18-8-21-103(84,85)86)30-42(33)69-68-41-15-14-37(77(79)80)27-53(41)107(96,97)98)73-70-43-31-52(101-19-9-22-104(87,88)89)48(25-34(43)2)74-71-45-29-50(99-17-7-20-102(81,82)83)46(72-75-54-35(3)39(32-60)55-63-40-12-4-5-13-49(40)76(55)56(54)78)28-44(45)64-59-66-57(61-16-23-105(90,91)92)65-58(67-59)62-36-10-6-11-38(26-36)106(93,94)95;1-5(2,3)4;1-4(2)3/h4-6,10-15,24-31,78H,7-9,16-23H2,1-3H3,(H,81,82,83)(H,84,85,86)(H,87,88,89)(H,90,91,92)(H,93,94,95)(H,96,97,98)(H3,61,62,64,65,66,67);1H3,(H,2,3,4);. The highest BCUT2D eigenvalue weighted by atomic mass is 32.2. The van der Waals surface area contributed by atoms with Gasteiger partial charge in [0.05, 0.1) is 85.2 Å². The van der Waals surface area contributed by atoms with E-state index in [4.69, 9.17) is 21.9 Å². The Labute approximate surface area is 668 Å². The Morgan fingerprint density at radius 1 is 0.560 bits per heavy atom. The largest absolute Gasteiger partial charge is 0.493 e. The molecule has 0 spiro atoms. The second kappa shape index (κ2) is 39.3. The van der Waals surface area contributed by atoms with Crippen molar-refractivity contribution in [1.29, 1.82) is 5.26 Å². The first-order chi connectivity index (χ1) is 53.9. The van der Waals surface area contributed by atoms with E-state index in [9.17, 15) is 107 Å². The maximum Gasteiger partial charge on any atom is 0.425 e. The van der Waals surface area contributed by atoms with Crippen molar-refractivity contribution >= 4 is 202 Å². The quantitative estimate of drug-likeness (QED) is 0.00446. The van der Waals surface area contributed by atoms with Gasteiger partial charge in [-0.15, -0.1) is 66.8 Å². The van der Waals surface area contributed by atoms with Crippen molar-refractivity contribution in [2.45, 2.75) is 59.6 Å². The Balaban J connectivity index is 0.00000196. The molecule has 3 heterocycles. The average Bonchev–Trinajstić information content (AvgIpc) is 1.59. The third kappa shape index (κ3) is 29.2. The first-order valence-electron chi connectivity index (χ1n) is 31.8. The number of imidazole rings is 1. The number of azo groups is 4. The highest BCUT2D eigenvalue weighted by Gasteiger charge is 2.25. The van der Waals surface area contributed by atoms with Crippen molar-refractivity contribution in [2.24, 2.45) is 40.9 Å². The molecule has 0 bridgehead atoms. The second-order valence-electron chi connectivity index (χ2n) is 23.5. The van der Waals surface area contributed by atoms with E-state index in [1.807, 2.05) is 0 Å². The highest BCUT2D eigenvalue weighted by Crippen LogP contribution is 2.46. The average molecular weight is 1800 g/mol. The van der Waals surface area contributed by atoms with E-state index in [0.717, 1.165) is 47.8 Å². The Bertz CT molecular complexity index is 6450. The molecule has 0 amide bonds. The van der Waals surface area contributed by atoms with Crippen LogP contribution in [0.15, 0.2) is 164 Å². The highest BCUT2D eigenvalue weighted by molar-refractivity contribution is 7.99. The Hall–Kier alpha value is -10.7. The summed E-state index contributed by atoms with van der Waals surface area (Å²) in [7, 11) is -34.6. The normalized spacial score (nSPS) is 12.4. The number of hydrogen-bond donors (Lipinski definition) is 11. The number of para-hydroxylation sites is 2. The minimum atomic E-state index is -5.08. The molecule has 0 unspecified atom stereocenters. The number of nitrogens with zero attached hydrogens (tertiary/aromatic N) is 15. The van der Waals surface area contributed by atoms with Gasteiger partial charge in [0.15, 0.2) is 11.3 Å². The summed E-state index contributed by atoms with van der Waals surface area (Å²) in [6, 6.07) is 24.3. The van der Waals surface area contributed by atoms with Gasteiger partial charge < -0.3 is 25.8 Å². The van der Waals surface area contributed by atoms with Crippen LogP contribution in [0.2, 0.25) is 0 Å². The minimum Gasteiger partial charge on any atom is -0.493 e. The first kappa shape index (κ1) is 92.4. The molecular formula is C60H62N18O28S10. The summed E-state index contributed by atoms with van der Waals surface area (Å²) in [4.78, 5) is 27.1. The lowest BCUT2D eigenvalue weighted by Crippen LogP contribution is -2.17. The summed E-state index contributed by atoms with van der Waals surface area (Å²) in [5.74, 6) is -4.87. The zero-order valence-corrected chi connectivity index (χ0v) is 67.8. The fourth-order valence-electron chi connectivity index (χ4n) is 9.53. The molecule has 11 N–H and O–H groups in total. The van der Waals surface area contributed by atoms with Crippen LogP contribution in [0.4, 0.5) is 80.4 Å². The molecule has 0 aliphatic carbocycles. The molecule has 0 atom stereocenters. The van der Waals surface area contributed by atoms with Crippen LogP contribution in [0.25, 0.3) is 16.7 Å². The van der Waals surface area contributed by atoms with Crippen molar-refractivity contribution in [2.75, 3.05) is 69.9 Å². The molecule has 116 heavy (non-hydrogen) atoms. The number of hydrogen-bond acceptors (Lipinski definition) is 39. The number of rotatable bonds is 34. The molecular weight excluding hydrogens is 1740 g/mol. The van der Waals surface area contributed by atoms with Gasteiger partial charge in [0.1, 0.15) is 39.3 Å². The smallest absolute Gasteiger partial charge is 0.425 e. The summed E-state index contributed by atoms with van der Waals surface area (Å²) in [6.45, 7) is 3.65. The number of anilines is 5. The number of ether oxygens (including phenoxy) is 1. The van der Waals surface area contributed by atoms with Gasteiger partial charge in [0.25, 0.3) is 76.5 Å². The lowest BCUT2D eigenvalue weighted by Gasteiger charge is -2.15. The van der Waals surface area contributed by atoms with E-state index in [1.54, 1.807) is 38.1 Å². The van der Waals surface area contributed by atoms with Gasteiger partial charge in [-0.2, -0.15) is 89.4 Å². The van der Waals surface area contributed by atoms with Crippen molar-refractivity contribution in [3.63, 3.8) is 0 Å². The summed E-state index contributed by atoms with van der Waals surface area (Å²) in [6.07, 6.45) is 0.185. The van der Waals surface area contributed by atoms with E-state index in [2.05, 4.69) is 82.9 Å². The Kier molecular flexibility index (Phi) is 31.3. The van der Waals surface area contributed by atoms with Crippen LogP contribution < -0.4 is 20.7 Å². The summed E-state index contributed by atoms with van der Waals surface area (Å²) in [5, 5.41) is 77.3. The zero-order valence-electron chi connectivity index (χ0n) is 59.6. The molecule has 0 saturated heterocycles.